The third-order valence-corrected chi connectivity index (χ3v) is 2.86. The normalized spacial score (nSPS) is 11.1. The number of hydrogen-bond acceptors (Lipinski definition) is 3. The Morgan fingerprint density at radius 3 is 2.33 bits per heavy atom. The van der Waals surface area contributed by atoms with Gasteiger partial charge in [-0.2, -0.15) is 0 Å². The second-order valence-electron chi connectivity index (χ2n) is 4.60. The molecule has 0 bridgehead atoms. The summed E-state index contributed by atoms with van der Waals surface area (Å²) in [4.78, 5) is 28.7. The zero-order chi connectivity index (χ0) is 13.8. The molecule has 0 saturated heterocycles. The first-order valence-electron chi connectivity index (χ1n) is 5.81. The molecule has 1 amide bonds. The maximum atomic E-state index is 12.2. The highest BCUT2D eigenvalue weighted by atomic mass is 16.4. The molecule has 1 aromatic rings. The first kappa shape index (κ1) is 14.2. The quantitative estimate of drug-likeness (QED) is 0.805. The maximum absolute atomic E-state index is 12.2. The molecule has 0 fully saturated rings. The standard InChI is InChI=1S/C13H18N2O3/c1-4-15(9-10-5-7-14-8-6-10)11(16)13(2,3)12(17)18/h5-8H,4,9H2,1-3H3,(H,17,18). The van der Waals surface area contributed by atoms with Crippen LogP contribution in [-0.4, -0.2) is 33.4 Å². The lowest BCUT2D eigenvalue weighted by Gasteiger charge is -2.28. The smallest absolute Gasteiger partial charge is 0.318 e. The number of pyridine rings is 1. The molecule has 1 heterocycles. The van der Waals surface area contributed by atoms with E-state index in [0.717, 1.165) is 5.56 Å². The van der Waals surface area contributed by atoms with Crippen LogP contribution in [0.4, 0.5) is 0 Å². The minimum Gasteiger partial charge on any atom is -0.480 e. The van der Waals surface area contributed by atoms with Crippen LogP contribution in [0.15, 0.2) is 24.5 Å². The van der Waals surface area contributed by atoms with Crippen LogP contribution in [0.25, 0.3) is 0 Å². The van der Waals surface area contributed by atoms with Crippen molar-refractivity contribution in [3.63, 3.8) is 0 Å². The molecule has 1 N–H and O–H groups in total. The van der Waals surface area contributed by atoms with Crippen LogP contribution in [0.2, 0.25) is 0 Å². The van der Waals surface area contributed by atoms with Crippen molar-refractivity contribution in [2.45, 2.75) is 27.3 Å². The first-order valence-corrected chi connectivity index (χ1v) is 5.81. The van der Waals surface area contributed by atoms with Gasteiger partial charge in [0.05, 0.1) is 0 Å². The van der Waals surface area contributed by atoms with Gasteiger partial charge in [-0.05, 0) is 38.5 Å². The number of carboxylic acids is 1. The molecule has 0 unspecified atom stereocenters. The molecule has 1 rings (SSSR count). The molecular weight excluding hydrogens is 232 g/mol. The molecule has 5 nitrogen and oxygen atoms in total. The molecule has 0 atom stereocenters. The lowest BCUT2D eigenvalue weighted by atomic mass is 9.91. The summed E-state index contributed by atoms with van der Waals surface area (Å²) in [5.74, 6) is -1.49. The molecule has 98 valence electrons. The Morgan fingerprint density at radius 2 is 1.89 bits per heavy atom. The lowest BCUT2D eigenvalue weighted by molar-refractivity contribution is -0.158. The molecular formula is C13H18N2O3. The van der Waals surface area contributed by atoms with E-state index in [2.05, 4.69) is 4.98 Å². The van der Waals surface area contributed by atoms with Gasteiger partial charge in [0, 0.05) is 25.5 Å². The Kier molecular flexibility index (Phi) is 4.42. The highest BCUT2D eigenvalue weighted by Gasteiger charge is 2.38. The van der Waals surface area contributed by atoms with Gasteiger partial charge in [0.15, 0.2) is 0 Å². The lowest BCUT2D eigenvalue weighted by Crippen LogP contribution is -2.44. The number of hydrogen-bond donors (Lipinski definition) is 1. The SMILES string of the molecule is CCN(Cc1ccncc1)C(=O)C(C)(C)C(=O)O. The summed E-state index contributed by atoms with van der Waals surface area (Å²) in [6.45, 7) is 5.54. The third-order valence-electron chi connectivity index (χ3n) is 2.86. The minimum absolute atomic E-state index is 0.380. The minimum atomic E-state index is -1.40. The number of aliphatic carboxylic acids is 1. The molecule has 0 saturated carbocycles. The number of carbonyl (C=O) groups is 2. The largest absolute Gasteiger partial charge is 0.480 e. The number of aromatic nitrogens is 1. The number of amides is 1. The topological polar surface area (TPSA) is 70.5 Å². The van der Waals surface area contributed by atoms with E-state index in [1.54, 1.807) is 12.4 Å². The van der Waals surface area contributed by atoms with Gasteiger partial charge in [-0.15, -0.1) is 0 Å². The van der Waals surface area contributed by atoms with E-state index in [9.17, 15) is 9.59 Å². The van der Waals surface area contributed by atoms with E-state index in [4.69, 9.17) is 5.11 Å². The van der Waals surface area contributed by atoms with Gasteiger partial charge < -0.3 is 10.0 Å². The van der Waals surface area contributed by atoms with Gasteiger partial charge >= 0.3 is 5.97 Å². The third kappa shape index (κ3) is 3.06. The average Bonchev–Trinajstić information content (AvgIpc) is 2.36. The Hall–Kier alpha value is -1.91. The van der Waals surface area contributed by atoms with E-state index < -0.39 is 11.4 Å². The van der Waals surface area contributed by atoms with Crippen molar-refractivity contribution in [1.82, 2.24) is 9.88 Å². The molecule has 0 radical (unpaired) electrons. The number of rotatable bonds is 5. The summed E-state index contributed by atoms with van der Waals surface area (Å²) < 4.78 is 0. The van der Waals surface area contributed by atoms with E-state index in [-0.39, 0.29) is 5.91 Å². The monoisotopic (exact) mass is 250 g/mol. The highest BCUT2D eigenvalue weighted by Crippen LogP contribution is 2.20. The van der Waals surface area contributed by atoms with Crippen molar-refractivity contribution in [1.29, 1.82) is 0 Å². The maximum Gasteiger partial charge on any atom is 0.318 e. The van der Waals surface area contributed by atoms with E-state index in [0.29, 0.717) is 13.1 Å². The van der Waals surface area contributed by atoms with Gasteiger partial charge in [-0.25, -0.2) is 0 Å². The first-order chi connectivity index (χ1) is 8.39. The molecule has 0 aliphatic heterocycles. The van der Waals surface area contributed by atoms with Crippen LogP contribution in [0.1, 0.15) is 26.3 Å². The summed E-state index contributed by atoms with van der Waals surface area (Å²) >= 11 is 0. The predicted octanol–water partition coefficient (Wildman–Crippen LogP) is 1.54. The molecule has 0 spiro atoms. The summed E-state index contributed by atoms with van der Waals surface area (Å²) in [6, 6.07) is 3.62. The zero-order valence-corrected chi connectivity index (χ0v) is 10.9. The van der Waals surface area contributed by atoms with Crippen molar-refractivity contribution in [3.05, 3.63) is 30.1 Å². The molecule has 5 heteroatoms. The number of nitrogens with zero attached hydrogens (tertiary/aromatic N) is 2. The highest BCUT2D eigenvalue weighted by molar-refractivity contribution is 6.00. The fraction of sp³-hybridized carbons (Fsp3) is 0.462. The predicted molar refractivity (Wildman–Crippen MR) is 66.7 cm³/mol. The van der Waals surface area contributed by atoms with Gasteiger partial charge in [0.2, 0.25) is 5.91 Å². The number of carboxylic acid groups (broad SMARTS) is 1. The summed E-state index contributed by atoms with van der Waals surface area (Å²) in [5, 5.41) is 9.06. The molecule has 0 aliphatic rings. The summed E-state index contributed by atoms with van der Waals surface area (Å²) in [7, 11) is 0. The van der Waals surface area contributed by atoms with Crippen molar-refractivity contribution >= 4 is 11.9 Å². The summed E-state index contributed by atoms with van der Waals surface area (Å²) in [5.41, 5.74) is -0.468. The van der Waals surface area contributed by atoms with Gasteiger partial charge in [-0.3, -0.25) is 14.6 Å². The number of carbonyl (C=O) groups excluding carboxylic acids is 1. The Labute approximate surface area is 106 Å². The van der Waals surface area contributed by atoms with Crippen LogP contribution in [-0.2, 0) is 16.1 Å². The second-order valence-corrected chi connectivity index (χ2v) is 4.60. The van der Waals surface area contributed by atoms with Crippen LogP contribution < -0.4 is 0 Å². The van der Waals surface area contributed by atoms with Crippen LogP contribution in [0, 0.1) is 5.41 Å². The zero-order valence-electron chi connectivity index (χ0n) is 10.9. The van der Waals surface area contributed by atoms with E-state index >= 15 is 0 Å². The summed E-state index contributed by atoms with van der Waals surface area (Å²) in [6.07, 6.45) is 3.30. The second kappa shape index (κ2) is 5.62. The van der Waals surface area contributed by atoms with Crippen molar-refractivity contribution in [3.8, 4) is 0 Å². The van der Waals surface area contributed by atoms with Gasteiger partial charge in [0.1, 0.15) is 5.41 Å². The van der Waals surface area contributed by atoms with Gasteiger partial charge in [-0.1, -0.05) is 0 Å². The fourth-order valence-corrected chi connectivity index (χ4v) is 1.52. The molecule has 0 aliphatic carbocycles. The molecule has 0 aromatic carbocycles. The average molecular weight is 250 g/mol. The Bertz CT molecular complexity index is 429. The van der Waals surface area contributed by atoms with Crippen molar-refractivity contribution < 1.29 is 14.7 Å². The van der Waals surface area contributed by atoms with Crippen LogP contribution >= 0.6 is 0 Å². The Balaban J connectivity index is 2.85. The molecule has 1 aromatic heterocycles. The Morgan fingerprint density at radius 1 is 1.33 bits per heavy atom. The van der Waals surface area contributed by atoms with E-state index in [1.807, 2.05) is 19.1 Å². The van der Waals surface area contributed by atoms with Crippen LogP contribution in [0.3, 0.4) is 0 Å². The van der Waals surface area contributed by atoms with Crippen LogP contribution in [0.5, 0.6) is 0 Å². The van der Waals surface area contributed by atoms with E-state index in [1.165, 1.54) is 18.7 Å². The van der Waals surface area contributed by atoms with Crippen molar-refractivity contribution in [2.75, 3.05) is 6.54 Å². The van der Waals surface area contributed by atoms with Gasteiger partial charge in [0.25, 0.3) is 0 Å². The molecule has 18 heavy (non-hydrogen) atoms. The fourth-order valence-electron chi connectivity index (χ4n) is 1.52. The van der Waals surface area contributed by atoms with Crippen molar-refractivity contribution in [2.24, 2.45) is 5.41 Å².